The van der Waals surface area contributed by atoms with Crippen molar-refractivity contribution in [2.45, 2.75) is 77.2 Å². The Balaban J connectivity index is 2.66. The van der Waals surface area contributed by atoms with Gasteiger partial charge in [0.05, 0.1) is 0 Å². The molecule has 0 spiro atoms. The summed E-state index contributed by atoms with van der Waals surface area (Å²) in [6, 6.07) is 5.23. The molecule has 0 aromatic carbocycles. The fourth-order valence-corrected chi connectivity index (χ4v) is 9.75. The third-order valence-corrected chi connectivity index (χ3v) is 15.4. The summed E-state index contributed by atoms with van der Waals surface area (Å²) in [5.74, 6) is 0. The maximum absolute atomic E-state index is 5.69. The predicted octanol–water partition coefficient (Wildman–Crippen LogP) is 4.53. The zero-order chi connectivity index (χ0) is 18.8. The van der Waals surface area contributed by atoms with Gasteiger partial charge < -0.3 is 18.3 Å². The minimum absolute atomic E-state index is 1.10. The quantitative estimate of drug-likeness (QED) is 0.433. The Morgan fingerprint density at radius 3 is 1.92 bits per heavy atom. The smallest absolute Gasteiger partial charge is 0.334 e. The summed E-state index contributed by atoms with van der Waals surface area (Å²) in [5, 5.41) is 0. The van der Waals surface area contributed by atoms with Crippen molar-refractivity contribution < 1.29 is 8.85 Å². The molecular formula is C19H44N2O2Si2. The highest BCUT2D eigenvalue weighted by atomic mass is 28.4. The van der Waals surface area contributed by atoms with E-state index >= 15 is 0 Å². The van der Waals surface area contributed by atoms with Crippen LogP contribution in [0.3, 0.4) is 0 Å². The normalized spacial score (nSPS) is 17.4. The first kappa shape index (κ1) is 23.3. The summed E-state index contributed by atoms with van der Waals surface area (Å²) in [4.78, 5) is 2.69. The van der Waals surface area contributed by atoms with Gasteiger partial charge in [0, 0.05) is 27.3 Å². The van der Waals surface area contributed by atoms with E-state index in [9.17, 15) is 0 Å². The molecule has 0 atom stereocenters. The minimum Gasteiger partial charge on any atom is -0.398 e. The molecule has 25 heavy (non-hydrogen) atoms. The Morgan fingerprint density at radius 1 is 0.880 bits per heavy atom. The molecule has 1 saturated heterocycles. The number of piperidine rings is 1. The maximum Gasteiger partial charge on any atom is 0.334 e. The lowest BCUT2D eigenvalue weighted by molar-refractivity contribution is 0.208. The summed E-state index contributed by atoms with van der Waals surface area (Å²) < 4.78 is 14.3. The van der Waals surface area contributed by atoms with Crippen molar-refractivity contribution in [3.05, 3.63) is 0 Å². The zero-order valence-corrected chi connectivity index (χ0v) is 19.9. The molecular weight excluding hydrogens is 344 g/mol. The topological polar surface area (TPSA) is 24.9 Å². The van der Waals surface area contributed by atoms with Crippen molar-refractivity contribution in [2.24, 2.45) is 0 Å². The van der Waals surface area contributed by atoms with Crippen LogP contribution in [0.4, 0.5) is 0 Å². The lowest BCUT2D eigenvalue weighted by Crippen LogP contribution is -2.55. The average molecular weight is 389 g/mol. The second kappa shape index (κ2) is 11.9. The van der Waals surface area contributed by atoms with Crippen LogP contribution in [0.2, 0.25) is 30.7 Å². The van der Waals surface area contributed by atoms with Crippen molar-refractivity contribution in [1.29, 1.82) is 0 Å². The van der Waals surface area contributed by atoms with Gasteiger partial charge in [-0.15, -0.1) is 0 Å². The number of hydrogen-bond donors (Lipinski definition) is 0. The van der Waals surface area contributed by atoms with Crippen LogP contribution in [0.5, 0.6) is 0 Å². The lowest BCUT2D eigenvalue weighted by Gasteiger charge is -2.42. The number of likely N-dealkylation sites (tertiary alicyclic amines) is 1. The second-order valence-electron chi connectivity index (χ2n) is 7.82. The fraction of sp³-hybridized carbons (Fsp3) is 1.00. The van der Waals surface area contributed by atoms with E-state index in [1.165, 1.54) is 76.5 Å². The molecule has 1 aliphatic heterocycles. The Bertz CT molecular complexity index is 336. The molecule has 0 unspecified atom stereocenters. The molecule has 1 fully saturated rings. The monoisotopic (exact) mass is 388 g/mol. The predicted molar refractivity (Wildman–Crippen MR) is 114 cm³/mol. The van der Waals surface area contributed by atoms with Gasteiger partial charge in [0.25, 0.3) is 0 Å². The Morgan fingerprint density at radius 2 is 1.44 bits per heavy atom. The van der Waals surface area contributed by atoms with Gasteiger partial charge in [-0.1, -0.05) is 27.2 Å². The van der Waals surface area contributed by atoms with Gasteiger partial charge in [-0.2, -0.15) is 0 Å². The summed E-state index contributed by atoms with van der Waals surface area (Å²) >= 11 is 0. The van der Waals surface area contributed by atoms with Crippen LogP contribution < -0.4 is 0 Å². The third-order valence-electron chi connectivity index (χ3n) is 6.70. The van der Waals surface area contributed by atoms with Gasteiger partial charge in [-0.25, -0.2) is 0 Å². The molecule has 0 aromatic rings. The Hall–Kier alpha value is 0.274. The van der Waals surface area contributed by atoms with Gasteiger partial charge in [0.15, 0.2) is 0 Å². The highest BCUT2D eigenvalue weighted by molar-refractivity contribution is 6.77. The first-order valence-electron chi connectivity index (χ1n) is 10.6. The molecule has 1 rings (SSSR count). The summed E-state index contributed by atoms with van der Waals surface area (Å²) in [6.45, 7) is 15.8. The molecule has 1 heterocycles. The van der Waals surface area contributed by atoms with E-state index in [1.807, 2.05) is 14.2 Å². The van der Waals surface area contributed by atoms with Crippen LogP contribution in [0.1, 0.15) is 46.5 Å². The summed E-state index contributed by atoms with van der Waals surface area (Å²) in [7, 11) is 0.387. The largest absolute Gasteiger partial charge is 0.398 e. The molecule has 0 bridgehead atoms. The number of rotatable bonds is 13. The SMILES string of the molecule is CC[Si](CC)(CC)N(CCC[Si](C)(OC)OC)CCN1CCCCC1. The van der Waals surface area contributed by atoms with Gasteiger partial charge in [-0.3, -0.25) is 0 Å². The van der Waals surface area contributed by atoms with E-state index in [-0.39, 0.29) is 0 Å². The fourth-order valence-electron chi connectivity index (χ4n) is 4.33. The average Bonchev–Trinajstić information content (AvgIpc) is 2.67. The van der Waals surface area contributed by atoms with E-state index in [0.717, 1.165) is 6.04 Å². The van der Waals surface area contributed by atoms with Gasteiger partial charge in [0.1, 0.15) is 8.24 Å². The maximum atomic E-state index is 5.69. The zero-order valence-electron chi connectivity index (χ0n) is 17.9. The Kier molecular flexibility index (Phi) is 11.1. The summed E-state index contributed by atoms with van der Waals surface area (Å²) in [5.41, 5.74) is 0. The Labute approximate surface area is 159 Å². The molecule has 150 valence electrons. The first-order chi connectivity index (χ1) is 12.0. The molecule has 0 N–H and O–H groups in total. The number of hydrogen-bond acceptors (Lipinski definition) is 4. The van der Waals surface area contributed by atoms with Crippen molar-refractivity contribution >= 4 is 16.8 Å². The van der Waals surface area contributed by atoms with E-state index in [4.69, 9.17) is 8.85 Å². The molecule has 0 aromatic heterocycles. The highest BCUT2D eigenvalue weighted by Gasteiger charge is 2.35. The molecule has 6 heteroatoms. The molecule has 0 saturated carbocycles. The molecule has 4 nitrogen and oxygen atoms in total. The first-order valence-corrected chi connectivity index (χ1v) is 15.7. The number of nitrogens with zero attached hydrogens (tertiary/aromatic N) is 2. The van der Waals surface area contributed by atoms with Crippen LogP contribution >= 0.6 is 0 Å². The minimum atomic E-state index is -1.93. The van der Waals surface area contributed by atoms with Crippen LogP contribution in [0, 0.1) is 0 Å². The van der Waals surface area contributed by atoms with Gasteiger partial charge >= 0.3 is 8.56 Å². The van der Waals surface area contributed by atoms with Crippen LogP contribution in [-0.2, 0) is 8.85 Å². The van der Waals surface area contributed by atoms with E-state index in [2.05, 4.69) is 36.8 Å². The van der Waals surface area contributed by atoms with E-state index in [0.29, 0.717) is 0 Å². The molecule has 1 aliphatic rings. The van der Waals surface area contributed by atoms with Crippen LogP contribution in [-0.4, -0.2) is 73.2 Å². The van der Waals surface area contributed by atoms with Crippen LogP contribution in [0.15, 0.2) is 0 Å². The highest BCUT2D eigenvalue weighted by Crippen LogP contribution is 2.26. The molecule has 0 aliphatic carbocycles. The lowest BCUT2D eigenvalue weighted by atomic mass is 10.1. The van der Waals surface area contributed by atoms with E-state index in [1.54, 1.807) is 0 Å². The van der Waals surface area contributed by atoms with Gasteiger partial charge in [0.2, 0.25) is 0 Å². The third kappa shape index (κ3) is 7.07. The van der Waals surface area contributed by atoms with Crippen molar-refractivity contribution in [3.8, 4) is 0 Å². The van der Waals surface area contributed by atoms with Crippen molar-refractivity contribution in [2.75, 3.05) is 46.9 Å². The standard InChI is InChI=1S/C19H44N2O2Si2/c1-7-25(8-2,9-3)21(16-13-19-24(6,22-4)23-5)18-17-20-14-11-10-12-15-20/h7-19H2,1-6H3. The van der Waals surface area contributed by atoms with E-state index < -0.39 is 16.8 Å². The second-order valence-corrected chi connectivity index (χ2v) is 16.6. The molecule has 0 amide bonds. The van der Waals surface area contributed by atoms with Crippen molar-refractivity contribution in [1.82, 2.24) is 9.47 Å². The van der Waals surface area contributed by atoms with Crippen molar-refractivity contribution in [3.63, 3.8) is 0 Å². The van der Waals surface area contributed by atoms with Gasteiger partial charge in [-0.05, 0) is 69.6 Å². The summed E-state index contributed by atoms with van der Waals surface area (Å²) in [6.07, 6.45) is 5.42. The molecule has 0 radical (unpaired) electrons. The van der Waals surface area contributed by atoms with Crippen LogP contribution in [0.25, 0.3) is 0 Å².